The van der Waals surface area contributed by atoms with Crippen molar-refractivity contribution in [2.24, 2.45) is 5.41 Å². The van der Waals surface area contributed by atoms with Gasteiger partial charge in [-0.25, -0.2) is 0 Å². The lowest BCUT2D eigenvalue weighted by molar-refractivity contribution is -0.121. The van der Waals surface area contributed by atoms with E-state index >= 15 is 0 Å². The lowest BCUT2D eigenvalue weighted by atomic mass is 9.88. The van der Waals surface area contributed by atoms with Crippen LogP contribution in [-0.2, 0) is 4.79 Å². The number of carbonyl (C=O) groups is 1. The largest absolute Gasteiger partial charge is 0.352 e. The molecule has 0 spiro atoms. The van der Waals surface area contributed by atoms with Gasteiger partial charge in [-0.3, -0.25) is 4.79 Å². The fourth-order valence-corrected chi connectivity index (χ4v) is 0.625. The Labute approximate surface area is 80.5 Å². The summed E-state index contributed by atoms with van der Waals surface area (Å²) in [6.45, 7) is 10.1. The Hall–Kier alpha value is -0.180. The summed E-state index contributed by atoms with van der Waals surface area (Å²) in [4.78, 5) is 11.2. The molecule has 3 heteroatoms. The van der Waals surface area contributed by atoms with E-state index in [4.69, 9.17) is 0 Å². The van der Waals surface area contributed by atoms with E-state index in [2.05, 4.69) is 38.7 Å². The monoisotopic (exact) mass is 189 g/mol. The van der Waals surface area contributed by atoms with Crippen molar-refractivity contribution in [3.8, 4) is 0 Å². The fraction of sp³-hybridized carbons (Fsp3) is 0.889. The molecular weight excluding hydrogens is 170 g/mol. The minimum absolute atomic E-state index is 0.000702. The Bertz CT molecular complexity index is 160. The molecule has 2 unspecified atom stereocenters. The lowest BCUT2D eigenvalue weighted by Gasteiger charge is -2.28. The fourth-order valence-electron chi connectivity index (χ4n) is 0.550. The first-order valence-electron chi connectivity index (χ1n) is 4.23. The van der Waals surface area contributed by atoms with Crippen LogP contribution in [0, 0.1) is 5.41 Å². The smallest absolute Gasteiger partial charge is 0.232 e. The zero-order valence-corrected chi connectivity index (χ0v) is 9.40. The van der Waals surface area contributed by atoms with Crippen LogP contribution in [-0.4, -0.2) is 17.2 Å². The Morgan fingerprint density at radius 3 is 2.00 bits per heavy atom. The minimum atomic E-state index is -0.227. The predicted octanol–water partition coefficient (Wildman–Crippen LogP) is 1.86. The second-order valence-corrected chi connectivity index (χ2v) is 5.05. The van der Waals surface area contributed by atoms with E-state index in [1.54, 1.807) is 6.92 Å². The van der Waals surface area contributed by atoms with Crippen molar-refractivity contribution in [1.29, 1.82) is 0 Å². The van der Waals surface area contributed by atoms with Gasteiger partial charge in [0.2, 0.25) is 5.91 Å². The molecule has 0 bridgehead atoms. The van der Waals surface area contributed by atoms with Crippen LogP contribution in [0.25, 0.3) is 0 Å². The SMILES string of the molecule is CC(S)C(=O)NC(C)C(C)(C)C. The quantitative estimate of drug-likeness (QED) is 0.638. The molecule has 0 aromatic heterocycles. The molecule has 0 aromatic carbocycles. The molecule has 0 fully saturated rings. The molecule has 0 radical (unpaired) electrons. The molecular formula is C9H19NOS. The number of carbonyl (C=O) groups excluding carboxylic acids is 1. The molecule has 0 aromatic rings. The van der Waals surface area contributed by atoms with Gasteiger partial charge in [-0.2, -0.15) is 12.6 Å². The molecule has 0 rings (SSSR count). The highest BCUT2D eigenvalue weighted by Crippen LogP contribution is 2.18. The number of nitrogens with one attached hydrogen (secondary N) is 1. The van der Waals surface area contributed by atoms with Crippen LogP contribution in [0.2, 0.25) is 0 Å². The van der Waals surface area contributed by atoms with E-state index in [-0.39, 0.29) is 22.6 Å². The van der Waals surface area contributed by atoms with Gasteiger partial charge in [-0.1, -0.05) is 20.8 Å². The predicted molar refractivity (Wildman–Crippen MR) is 55.5 cm³/mol. The van der Waals surface area contributed by atoms with Crippen LogP contribution >= 0.6 is 12.6 Å². The average Bonchev–Trinajstić information content (AvgIpc) is 1.85. The number of thiol groups is 1. The maximum Gasteiger partial charge on any atom is 0.232 e. The molecule has 2 nitrogen and oxygen atoms in total. The minimum Gasteiger partial charge on any atom is -0.352 e. The summed E-state index contributed by atoms with van der Waals surface area (Å²) in [5, 5.41) is 2.68. The normalized spacial score (nSPS) is 16.8. The Balaban J connectivity index is 4.02. The molecule has 0 heterocycles. The van der Waals surface area contributed by atoms with Gasteiger partial charge in [0.05, 0.1) is 5.25 Å². The zero-order chi connectivity index (χ0) is 9.94. The number of amides is 1. The maximum atomic E-state index is 11.2. The molecule has 0 saturated heterocycles. The molecule has 12 heavy (non-hydrogen) atoms. The molecule has 0 aliphatic rings. The van der Waals surface area contributed by atoms with E-state index in [1.807, 2.05) is 6.92 Å². The summed E-state index contributed by atoms with van der Waals surface area (Å²) in [5.74, 6) is 0.000702. The summed E-state index contributed by atoms with van der Waals surface area (Å²) in [7, 11) is 0. The molecule has 1 N–H and O–H groups in total. The molecule has 0 aliphatic carbocycles. The molecule has 1 amide bonds. The van der Waals surface area contributed by atoms with Crippen LogP contribution in [0.1, 0.15) is 34.6 Å². The van der Waals surface area contributed by atoms with Crippen molar-refractivity contribution in [3.05, 3.63) is 0 Å². The summed E-state index contributed by atoms with van der Waals surface area (Å²) in [5.41, 5.74) is 0.109. The van der Waals surface area contributed by atoms with Crippen molar-refractivity contribution < 1.29 is 4.79 Å². The van der Waals surface area contributed by atoms with Gasteiger partial charge in [0.25, 0.3) is 0 Å². The second-order valence-electron chi connectivity index (χ2n) is 4.27. The third-order valence-corrected chi connectivity index (χ3v) is 2.27. The van der Waals surface area contributed by atoms with E-state index in [0.29, 0.717) is 0 Å². The van der Waals surface area contributed by atoms with Crippen LogP contribution in [0.3, 0.4) is 0 Å². The van der Waals surface area contributed by atoms with Crippen molar-refractivity contribution in [2.75, 3.05) is 0 Å². The van der Waals surface area contributed by atoms with Crippen molar-refractivity contribution in [2.45, 2.75) is 45.9 Å². The Morgan fingerprint density at radius 2 is 1.75 bits per heavy atom. The van der Waals surface area contributed by atoms with Crippen LogP contribution in [0.4, 0.5) is 0 Å². The van der Waals surface area contributed by atoms with Gasteiger partial charge in [0.15, 0.2) is 0 Å². The third kappa shape index (κ3) is 4.00. The van der Waals surface area contributed by atoms with Gasteiger partial charge in [0.1, 0.15) is 0 Å². The number of rotatable bonds is 2. The van der Waals surface area contributed by atoms with Crippen molar-refractivity contribution in [1.82, 2.24) is 5.32 Å². The second kappa shape index (κ2) is 4.17. The van der Waals surface area contributed by atoms with Gasteiger partial charge < -0.3 is 5.32 Å². The van der Waals surface area contributed by atoms with Crippen LogP contribution < -0.4 is 5.32 Å². The zero-order valence-electron chi connectivity index (χ0n) is 8.51. The average molecular weight is 189 g/mol. The third-order valence-electron chi connectivity index (χ3n) is 2.04. The first kappa shape index (κ1) is 11.8. The lowest BCUT2D eigenvalue weighted by Crippen LogP contribution is -2.43. The van der Waals surface area contributed by atoms with Gasteiger partial charge in [-0.05, 0) is 19.3 Å². The highest BCUT2D eigenvalue weighted by atomic mass is 32.1. The van der Waals surface area contributed by atoms with Gasteiger partial charge in [-0.15, -0.1) is 0 Å². The van der Waals surface area contributed by atoms with Crippen molar-refractivity contribution >= 4 is 18.5 Å². The summed E-state index contributed by atoms with van der Waals surface area (Å²) >= 11 is 4.05. The highest BCUT2D eigenvalue weighted by Gasteiger charge is 2.22. The first-order chi connectivity index (χ1) is 5.25. The molecule has 0 aliphatic heterocycles. The van der Waals surface area contributed by atoms with E-state index in [9.17, 15) is 4.79 Å². The maximum absolute atomic E-state index is 11.2. The van der Waals surface area contributed by atoms with E-state index in [1.165, 1.54) is 0 Å². The van der Waals surface area contributed by atoms with E-state index < -0.39 is 0 Å². The Kier molecular flexibility index (Phi) is 4.11. The van der Waals surface area contributed by atoms with Crippen LogP contribution in [0.15, 0.2) is 0 Å². The summed E-state index contributed by atoms with van der Waals surface area (Å²) < 4.78 is 0. The summed E-state index contributed by atoms with van der Waals surface area (Å²) in [6.07, 6.45) is 0. The molecule has 72 valence electrons. The van der Waals surface area contributed by atoms with E-state index in [0.717, 1.165) is 0 Å². The van der Waals surface area contributed by atoms with Crippen LogP contribution in [0.5, 0.6) is 0 Å². The highest BCUT2D eigenvalue weighted by molar-refractivity contribution is 7.81. The molecule has 2 atom stereocenters. The van der Waals surface area contributed by atoms with Crippen molar-refractivity contribution in [3.63, 3.8) is 0 Å². The topological polar surface area (TPSA) is 29.1 Å². The standard InChI is InChI=1S/C9H19NOS/c1-6(12)8(11)10-7(2)9(3,4)5/h6-7,12H,1-5H3,(H,10,11). The summed E-state index contributed by atoms with van der Waals surface area (Å²) in [6, 6.07) is 0.180. The first-order valence-corrected chi connectivity index (χ1v) is 4.75. The number of hydrogen-bond donors (Lipinski definition) is 2. The number of hydrogen-bond acceptors (Lipinski definition) is 2. The van der Waals surface area contributed by atoms with Gasteiger partial charge >= 0.3 is 0 Å². The van der Waals surface area contributed by atoms with Gasteiger partial charge in [0, 0.05) is 6.04 Å². The molecule has 0 saturated carbocycles. The Morgan fingerprint density at radius 1 is 1.33 bits per heavy atom.